The Morgan fingerprint density at radius 3 is 2.68 bits per heavy atom. The van der Waals surface area contributed by atoms with Gasteiger partial charge in [-0.3, -0.25) is 4.98 Å². The molecule has 160 valence electrons. The van der Waals surface area contributed by atoms with Gasteiger partial charge in [-0.2, -0.15) is 0 Å². The molecule has 5 rings (SSSR count). The molecule has 1 aliphatic carbocycles. The summed E-state index contributed by atoms with van der Waals surface area (Å²) in [6, 6.07) is 9.69. The lowest BCUT2D eigenvalue weighted by atomic mass is 9.75. The number of hydrogen-bond acceptors (Lipinski definition) is 4. The van der Waals surface area contributed by atoms with E-state index in [9.17, 15) is 9.90 Å². The highest BCUT2D eigenvalue weighted by Crippen LogP contribution is 2.45. The molecule has 0 bridgehead atoms. The third-order valence-electron chi connectivity index (χ3n) is 6.75. The van der Waals surface area contributed by atoms with E-state index >= 15 is 0 Å². The normalized spacial score (nSPS) is 17.0. The fraction of sp³-hybridized carbons (Fsp3) is 0.333. The topological polar surface area (TPSA) is 84.4 Å². The molecule has 0 radical (unpaired) electrons. The number of aryl methyl sites for hydroxylation is 1. The molecule has 0 spiro atoms. The minimum atomic E-state index is -0.873. The van der Waals surface area contributed by atoms with Gasteiger partial charge in [0.1, 0.15) is 0 Å². The first-order chi connectivity index (χ1) is 14.8. The summed E-state index contributed by atoms with van der Waals surface area (Å²) >= 11 is 6.19. The number of likely N-dealkylation sites (tertiary alicyclic amines) is 1. The Labute approximate surface area is 186 Å². The lowest BCUT2D eigenvalue weighted by Crippen LogP contribution is -2.62. The second kappa shape index (κ2) is 7.19. The van der Waals surface area contributed by atoms with Crippen LogP contribution in [0.15, 0.2) is 36.5 Å². The van der Waals surface area contributed by atoms with Crippen LogP contribution in [0.2, 0.25) is 5.02 Å². The number of aromatic nitrogens is 2. The number of hydrogen-bond donors (Lipinski definition) is 2. The largest absolute Gasteiger partial charge is 0.478 e. The van der Waals surface area contributed by atoms with Crippen LogP contribution in [0, 0.1) is 0 Å². The number of likely N-dealkylation sites (N-methyl/N-ethyl adjacent to an activating group) is 1. The van der Waals surface area contributed by atoms with E-state index in [1.165, 1.54) is 0 Å². The van der Waals surface area contributed by atoms with Crippen molar-refractivity contribution in [3.05, 3.63) is 63.9 Å². The van der Waals surface area contributed by atoms with Crippen LogP contribution in [0.25, 0.3) is 22.5 Å². The van der Waals surface area contributed by atoms with Gasteiger partial charge in [0.15, 0.2) is 0 Å². The van der Waals surface area contributed by atoms with E-state index < -0.39 is 5.97 Å². The first-order valence-corrected chi connectivity index (χ1v) is 10.8. The minimum Gasteiger partial charge on any atom is -0.478 e. The van der Waals surface area contributed by atoms with Gasteiger partial charge in [0.05, 0.1) is 17.0 Å². The number of carbonyl (C=O) groups is 1. The predicted octanol–water partition coefficient (Wildman–Crippen LogP) is 3.35. The molecule has 6 nitrogen and oxygen atoms in total. The van der Waals surface area contributed by atoms with Crippen LogP contribution in [0.3, 0.4) is 0 Å². The van der Waals surface area contributed by atoms with Gasteiger partial charge in [0.25, 0.3) is 0 Å². The summed E-state index contributed by atoms with van der Waals surface area (Å²) < 4.78 is 2.08. The molecule has 3 heterocycles. The van der Waals surface area contributed by atoms with Gasteiger partial charge >= 0.3 is 5.97 Å². The number of pyridine rings is 1. The average Bonchev–Trinajstić information content (AvgIpc) is 3.04. The number of nitrogens with two attached hydrogens (primary N) is 1. The van der Waals surface area contributed by atoms with Gasteiger partial charge < -0.3 is 20.3 Å². The molecule has 0 atom stereocenters. The number of rotatable bonds is 4. The highest BCUT2D eigenvalue weighted by Gasteiger charge is 2.47. The zero-order chi connectivity index (χ0) is 21.9. The number of halogens is 1. The standard InChI is InChI=1S/C24H25ClN4O2/c1-28-12-24(11-26,13-28)22-20(23(30)31)17-7-6-15-10-27-19(9-18(15)21(17)29(22)2)14-4-3-5-16(25)8-14/h3-5,8-10H,6-7,11-13,26H2,1-2H3,(H,30,31). The van der Waals surface area contributed by atoms with Crippen molar-refractivity contribution >= 4 is 17.6 Å². The molecule has 1 aliphatic heterocycles. The SMILES string of the molecule is CN1CC(CN)(c2c(C(=O)O)c3c(n2C)-c2cc(-c4cccc(Cl)c4)ncc2CC3)C1. The second-order valence-corrected chi connectivity index (χ2v) is 9.25. The molecule has 1 saturated heterocycles. The zero-order valence-corrected chi connectivity index (χ0v) is 18.4. The monoisotopic (exact) mass is 436 g/mol. The van der Waals surface area contributed by atoms with E-state index in [0.717, 1.165) is 58.8 Å². The Hall–Kier alpha value is -2.67. The van der Waals surface area contributed by atoms with Gasteiger partial charge in [-0.05, 0) is 49.2 Å². The number of carboxylic acid groups (broad SMARTS) is 1. The van der Waals surface area contributed by atoms with Crippen LogP contribution >= 0.6 is 11.6 Å². The Bertz CT molecular complexity index is 1210. The highest BCUT2D eigenvalue weighted by molar-refractivity contribution is 6.30. The van der Waals surface area contributed by atoms with E-state index in [1.54, 1.807) is 0 Å². The van der Waals surface area contributed by atoms with Crippen LogP contribution in [0.4, 0.5) is 0 Å². The summed E-state index contributed by atoms with van der Waals surface area (Å²) in [5.74, 6) is -0.873. The fourth-order valence-electron chi connectivity index (χ4n) is 5.51. The maximum atomic E-state index is 12.4. The number of carboxylic acids is 1. The smallest absolute Gasteiger partial charge is 0.337 e. The quantitative estimate of drug-likeness (QED) is 0.655. The lowest BCUT2D eigenvalue weighted by molar-refractivity contribution is 0.0669. The molecular weight excluding hydrogens is 412 g/mol. The Morgan fingerprint density at radius 1 is 1.26 bits per heavy atom. The van der Waals surface area contributed by atoms with E-state index in [4.69, 9.17) is 17.3 Å². The maximum absolute atomic E-state index is 12.4. The molecule has 2 aromatic heterocycles. The first-order valence-electron chi connectivity index (χ1n) is 10.4. The van der Waals surface area contributed by atoms with Gasteiger partial charge in [0.2, 0.25) is 0 Å². The summed E-state index contributed by atoms with van der Waals surface area (Å²) in [6.07, 6.45) is 3.37. The summed E-state index contributed by atoms with van der Waals surface area (Å²) in [6.45, 7) is 1.94. The molecule has 1 aromatic carbocycles. The fourth-order valence-corrected chi connectivity index (χ4v) is 5.70. The highest BCUT2D eigenvalue weighted by atomic mass is 35.5. The Morgan fingerprint density at radius 2 is 2.03 bits per heavy atom. The average molecular weight is 437 g/mol. The van der Waals surface area contributed by atoms with Gasteiger partial charge in [-0.15, -0.1) is 0 Å². The van der Waals surface area contributed by atoms with Crippen molar-refractivity contribution < 1.29 is 9.90 Å². The molecule has 3 aromatic rings. The molecular formula is C24H25ClN4O2. The summed E-state index contributed by atoms with van der Waals surface area (Å²) in [4.78, 5) is 19.3. The molecule has 3 N–H and O–H groups in total. The molecule has 31 heavy (non-hydrogen) atoms. The van der Waals surface area contributed by atoms with Crippen molar-refractivity contribution in [2.24, 2.45) is 12.8 Å². The van der Waals surface area contributed by atoms with E-state index in [0.29, 0.717) is 23.6 Å². The lowest BCUT2D eigenvalue weighted by Gasteiger charge is -2.48. The molecule has 0 amide bonds. The third-order valence-corrected chi connectivity index (χ3v) is 6.99. The van der Waals surface area contributed by atoms with Crippen LogP contribution in [-0.2, 0) is 25.3 Å². The van der Waals surface area contributed by atoms with E-state index in [-0.39, 0.29) is 5.41 Å². The van der Waals surface area contributed by atoms with Crippen molar-refractivity contribution in [3.8, 4) is 22.5 Å². The molecule has 0 saturated carbocycles. The molecule has 1 fully saturated rings. The van der Waals surface area contributed by atoms with Crippen LogP contribution in [0.5, 0.6) is 0 Å². The molecule has 0 unspecified atom stereocenters. The van der Waals surface area contributed by atoms with Crippen molar-refractivity contribution in [1.82, 2.24) is 14.5 Å². The van der Waals surface area contributed by atoms with E-state index in [1.807, 2.05) is 44.6 Å². The number of aromatic carboxylic acids is 1. The van der Waals surface area contributed by atoms with Crippen LogP contribution < -0.4 is 5.73 Å². The van der Waals surface area contributed by atoms with Gasteiger partial charge in [-0.1, -0.05) is 23.7 Å². The number of fused-ring (bicyclic) bond motifs is 3. The van der Waals surface area contributed by atoms with Crippen molar-refractivity contribution in [3.63, 3.8) is 0 Å². The molecule has 7 heteroatoms. The van der Waals surface area contributed by atoms with Crippen molar-refractivity contribution in [1.29, 1.82) is 0 Å². The second-order valence-electron chi connectivity index (χ2n) is 8.81. The third kappa shape index (κ3) is 3.01. The maximum Gasteiger partial charge on any atom is 0.337 e. The Kier molecular flexibility index (Phi) is 4.70. The van der Waals surface area contributed by atoms with Crippen molar-refractivity contribution in [2.75, 3.05) is 26.7 Å². The molecule has 2 aliphatic rings. The minimum absolute atomic E-state index is 0.336. The first kappa shape index (κ1) is 20.2. The summed E-state index contributed by atoms with van der Waals surface area (Å²) in [5, 5.41) is 10.9. The zero-order valence-electron chi connectivity index (χ0n) is 17.7. The van der Waals surface area contributed by atoms with Gasteiger partial charge in [0, 0.05) is 60.1 Å². The Balaban J connectivity index is 1.73. The summed E-state index contributed by atoms with van der Waals surface area (Å²) in [5.41, 5.74) is 13.0. The number of benzene rings is 1. The van der Waals surface area contributed by atoms with E-state index in [2.05, 4.69) is 20.5 Å². The predicted molar refractivity (Wildman–Crippen MR) is 122 cm³/mol. The van der Waals surface area contributed by atoms with Crippen LogP contribution in [0.1, 0.15) is 27.2 Å². The van der Waals surface area contributed by atoms with Gasteiger partial charge in [-0.25, -0.2) is 4.79 Å². The number of nitrogens with zero attached hydrogens (tertiary/aromatic N) is 3. The van der Waals surface area contributed by atoms with Crippen LogP contribution in [-0.4, -0.2) is 52.2 Å². The summed E-state index contributed by atoms with van der Waals surface area (Å²) in [7, 11) is 4.01. The van der Waals surface area contributed by atoms with Crippen molar-refractivity contribution in [2.45, 2.75) is 18.3 Å².